The number of aliphatic hydroxyl groups is 1. The summed E-state index contributed by atoms with van der Waals surface area (Å²) in [6.45, 7) is 6.63. The van der Waals surface area contributed by atoms with E-state index in [9.17, 15) is 5.11 Å². The van der Waals surface area contributed by atoms with Gasteiger partial charge in [-0.2, -0.15) is 0 Å². The molecule has 0 bridgehead atoms. The summed E-state index contributed by atoms with van der Waals surface area (Å²) in [5.41, 5.74) is 1.96. The smallest absolute Gasteiger partial charge is 0.163 e. The molecule has 7 nitrogen and oxygen atoms in total. The number of nitrogens with zero attached hydrogens (tertiary/aromatic N) is 5. The van der Waals surface area contributed by atoms with Crippen LogP contribution in [0.4, 0.5) is 5.82 Å². The number of anilines is 1. The average molecular weight is 440 g/mol. The number of pyridine rings is 1. The molecular formula is C23H29N5O2S. The van der Waals surface area contributed by atoms with Crippen LogP contribution in [0, 0.1) is 5.92 Å². The zero-order valence-electron chi connectivity index (χ0n) is 17.7. The van der Waals surface area contributed by atoms with E-state index in [0.29, 0.717) is 12.5 Å². The van der Waals surface area contributed by atoms with Crippen LogP contribution in [0.25, 0.3) is 21.6 Å². The summed E-state index contributed by atoms with van der Waals surface area (Å²) in [6.07, 6.45) is 6.89. The molecule has 3 aromatic rings. The van der Waals surface area contributed by atoms with Crippen molar-refractivity contribution in [3.63, 3.8) is 0 Å². The van der Waals surface area contributed by atoms with Gasteiger partial charge in [0.05, 0.1) is 23.4 Å². The minimum absolute atomic E-state index is 0.309. The van der Waals surface area contributed by atoms with Crippen LogP contribution in [0.1, 0.15) is 24.1 Å². The highest BCUT2D eigenvalue weighted by molar-refractivity contribution is 7.19. The molecule has 0 radical (unpaired) electrons. The van der Waals surface area contributed by atoms with Crippen molar-refractivity contribution in [3.8, 4) is 11.4 Å². The highest BCUT2D eigenvalue weighted by Gasteiger charge is 2.22. The first-order valence-electron chi connectivity index (χ1n) is 11.2. The van der Waals surface area contributed by atoms with Crippen LogP contribution < -0.4 is 4.90 Å². The molecule has 2 aliphatic rings. The summed E-state index contributed by atoms with van der Waals surface area (Å²) in [6, 6.07) is 6.18. The lowest BCUT2D eigenvalue weighted by Gasteiger charge is -2.31. The number of aromatic nitrogens is 3. The van der Waals surface area contributed by atoms with Gasteiger partial charge in [0.25, 0.3) is 0 Å². The average Bonchev–Trinajstić information content (AvgIpc) is 3.23. The Bertz CT molecular complexity index is 998. The van der Waals surface area contributed by atoms with E-state index < -0.39 is 0 Å². The maximum Gasteiger partial charge on any atom is 0.163 e. The van der Waals surface area contributed by atoms with E-state index in [1.807, 2.05) is 29.7 Å². The molecular weight excluding hydrogens is 410 g/mol. The van der Waals surface area contributed by atoms with Gasteiger partial charge in [0.15, 0.2) is 11.6 Å². The second kappa shape index (κ2) is 9.56. The van der Waals surface area contributed by atoms with E-state index in [1.54, 1.807) is 6.20 Å². The molecule has 1 N–H and O–H groups in total. The van der Waals surface area contributed by atoms with Gasteiger partial charge in [-0.05, 0) is 56.5 Å². The third-order valence-corrected chi connectivity index (χ3v) is 7.36. The fraction of sp³-hybridized carbons (Fsp3) is 0.522. The van der Waals surface area contributed by atoms with Crippen molar-refractivity contribution in [2.24, 2.45) is 5.92 Å². The van der Waals surface area contributed by atoms with E-state index in [2.05, 4.69) is 20.9 Å². The number of morpholine rings is 1. The van der Waals surface area contributed by atoms with E-state index in [4.69, 9.17) is 14.7 Å². The lowest BCUT2D eigenvalue weighted by atomic mass is 9.94. The molecule has 5 rings (SSSR count). The Kier molecular flexibility index (Phi) is 6.40. The van der Waals surface area contributed by atoms with Crippen molar-refractivity contribution >= 4 is 27.4 Å². The number of hydrogen-bond acceptors (Lipinski definition) is 8. The van der Waals surface area contributed by atoms with Crippen LogP contribution in [0.2, 0.25) is 0 Å². The highest BCUT2D eigenvalue weighted by atomic mass is 32.1. The molecule has 164 valence electrons. The first kappa shape index (κ1) is 20.8. The molecule has 2 fully saturated rings. The number of ether oxygens (including phenoxy) is 1. The number of aliphatic hydroxyl groups excluding tert-OH is 1. The molecule has 0 unspecified atom stereocenters. The van der Waals surface area contributed by atoms with Gasteiger partial charge in [0.1, 0.15) is 0 Å². The molecule has 0 amide bonds. The minimum atomic E-state index is 0.309. The van der Waals surface area contributed by atoms with Crippen LogP contribution >= 0.6 is 11.3 Å². The minimum Gasteiger partial charge on any atom is -0.396 e. The molecule has 0 aromatic carbocycles. The number of hydrogen-bond donors (Lipinski definition) is 1. The second-order valence-electron chi connectivity index (χ2n) is 8.37. The SMILES string of the molecule is OCCC1CCN(Cc2cc3nc(-c4cccnc4)nc(N4CCOCC4)c3s2)CC1. The lowest BCUT2D eigenvalue weighted by molar-refractivity contribution is 0.122. The van der Waals surface area contributed by atoms with Crippen molar-refractivity contribution in [2.45, 2.75) is 25.8 Å². The van der Waals surface area contributed by atoms with E-state index >= 15 is 0 Å². The normalized spacial score (nSPS) is 18.7. The predicted octanol–water partition coefficient (Wildman–Crippen LogP) is 3.18. The zero-order valence-corrected chi connectivity index (χ0v) is 18.6. The number of fused-ring (bicyclic) bond motifs is 1. The molecule has 0 spiro atoms. The number of likely N-dealkylation sites (tertiary alicyclic amines) is 1. The number of piperidine rings is 1. The first-order valence-corrected chi connectivity index (χ1v) is 12.0. The monoisotopic (exact) mass is 439 g/mol. The Labute approximate surface area is 186 Å². The van der Waals surface area contributed by atoms with E-state index in [0.717, 1.165) is 75.1 Å². The summed E-state index contributed by atoms with van der Waals surface area (Å²) >= 11 is 1.82. The van der Waals surface area contributed by atoms with Crippen molar-refractivity contribution in [3.05, 3.63) is 35.5 Å². The standard InChI is InChI=1S/C23H29N5O2S/c29-11-5-17-3-7-27(8-4-17)16-19-14-20-21(31-19)23(28-9-12-30-13-10-28)26-22(25-20)18-2-1-6-24-15-18/h1-2,6,14-15,17,29H,3-5,7-13,16H2. The Hall–Kier alpha value is -2.13. The molecule has 2 saturated heterocycles. The van der Waals surface area contributed by atoms with Gasteiger partial charge in [-0.15, -0.1) is 11.3 Å². The van der Waals surface area contributed by atoms with Gasteiger partial charge in [0.2, 0.25) is 0 Å². The Morgan fingerprint density at radius 2 is 1.97 bits per heavy atom. The molecule has 31 heavy (non-hydrogen) atoms. The topological polar surface area (TPSA) is 74.6 Å². The van der Waals surface area contributed by atoms with Crippen molar-refractivity contribution in [2.75, 3.05) is 50.9 Å². The summed E-state index contributed by atoms with van der Waals surface area (Å²) in [5, 5.41) is 9.20. The lowest BCUT2D eigenvalue weighted by Crippen LogP contribution is -2.36. The van der Waals surface area contributed by atoms with Gasteiger partial charge in [-0.3, -0.25) is 9.88 Å². The molecule has 0 aliphatic carbocycles. The Morgan fingerprint density at radius 3 is 2.71 bits per heavy atom. The maximum atomic E-state index is 9.20. The number of rotatable bonds is 6. The zero-order chi connectivity index (χ0) is 21.0. The van der Waals surface area contributed by atoms with Crippen molar-refractivity contribution in [1.29, 1.82) is 0 Å². The quantitative estimate of drug-likeness (QED) is 0.632. The third-order valence-electron chi connectivity index (χ3n) is 6.26. The van der Waals surface area contributed by atoms with Crippen LogP contribution in [0.3, 0.4) is 0 Å². The van der Waals surface area contributed by atoms with E-state index in [-0.39, 0.29) is 0 Å². The van der Waals surface area contributed by atoms with Gasteiger partial charge in [-0.25, -0.2) is 9.97 Å². The Balaban J connectivity index is 1.43. The summed E-state index contributed by atoms with van der Waals surface area (Å²) < 4.78 is 6.73. The van der Waals surface area contributed by atoms with Gasteiger partial charge in [0, 0.05) is 49.1 Å². The van der Waals surface area contributed by atoms with Crippen LogP contribution in [0.5, 0.6) is 0 Å². The molecule has 3 aromatic heterocycles. The van der Waals surface area contributed by atoms with Gasteiger partial charge >= 0.3 is 0 Å². The largest absolute Gasteiger partial charge is 0.396 e. The summed E-state index contributed by atoms with van der Waals surface area (Å²) in [5.74, 6) is 2.42. The van der Waals surface area contributed by atoms with Crippen LogP contribution in [-0.2, 0) is 11.3 Å². The molecule has 0 atom stereocenters. The Morgan fingerprint density at radius 1 is 1.13 bits per heavy atom. The van der Waals surface area contributed by atoms with Crippen molar-refractivity contribution in [1.82, 2.24) is 19.9 Å². The molecule has 8 heteroatoms. The van der Waals surface area contributed by atoms with Gasteiger partial charge < -0.3 is 14.7 Å². The van der Waals surface area contributed by atoms with Gasteiger partial charge in [-0.1, -0.05) is 0 Å². The molecule has 5 heterocycles. The predicted molar refractivity (Wildman–Crippen MR) is 123 cm³/mol. The second-order valence-corrected chi connectivity index (χ2v) is 9.51. The maximum absolute atomic E-state index is 9.20. The first-order chi connectivity index (χ1) is 15.3. The fourth-order valence-electron chi connectivity index (χ4n) is 4.49. The summed E-state index contributed by atoms with van der Waals surface area (Å²) in [7, 11) is 0. The van der Waals surface area contributed by atoms with Crippen LogP contribution in [-0.4, -0.2) is 71.0 Å². The van der Waals surface area contributed by atoms with Crippen molar-refractivity contribution < 1.29 is 9.84 Å². The van der Waals surface area contributed by atoms with Crippen LogP contribution in [0.15, 0.2) is 30.6 Å². The number of thiophene rings is 1. The fourth-order valence-corrected chi connectivity index (χ4v) is 5.65. The molecule has 2 aliphatic heterocycles. The highest BCUT2D eigenvalue weighted by Crippen LogP contribution is 2.35. The third kappa shape index (κ3) is 4.72. The summed E-state index contributed by atoms with van der Waals surface area (Å²) in [4.78, 5) is 20.3. The van der Waals surface area contributed by atoms with E-state index in [1.165, 1.54) is 22.4 Å². The molecule has 0 saturated carbocycles.